The van der Waals surface area contributed by atoms with Crippen molar-refractivity contribution in [1.82, 2.24) is 5.32 Å². The van der Waals surface area contributed by atoms with Crippen molar-refractivity contribution in [2.45, 2.75) is 32.1 Å². The molecule has 8 heteroatoms. The smallest absolute Gasteiger partial charge is 0.265 e. The summed E-state index contributed by atoms with van der Waals surface area (Å²) in [6.45, 7) is 7.08. The number of nitrogens with zero attached hydrogens (tertiary/aromatic N) is 1. The number of thiophene rings is 1. The van der Waals surface area contributed by atoms with Gasteiger partial charge in [0.15, 0.2) is 0 Å². The van der Waals surface area contributed by atoms with Crippen molar-refractivity contribution in [1.29, 1.82) is 0 Å². The highest BCUT2D eigenvalue weighted by Gasteiger charge is 2.28. The molecule has 0 unspecified atom stereocenters. The predicted octanol–water partition coefficient (Wildman–Crippen LogP) is 3.75. The highest BCUT2D eigenvalue weighted by atomic mass is 32.2. The first-order chi connectivity index (χ1) is 12.8. The van der Waals surface area contributed by atoms with Crippen molar-refractivity contribution >= 4 is 33.0 Å². The Labute approximate surface area is 165 Å². The molecule has 1 heterocycles. The van der Waals surface area contributed by atoms with Crippen molar-refractivity contribution in [3.8, 4) is 5.75 Å². The van der Waals surface area contributed by atoms with E-state index in [1.807, 2.05) is 6.92 Å². The summed E-state index contributed by atoms with van der Waals surface area (Å²) < 4.78 is 32.6. The Morgan fingerprint density at radius 2 is 1.89 bits per heavy atom. The van der Waals surface area contributed by atoms with E-state index < -0.39 is 10.0 Å². The summed E-state index contributed by atoms with van der Waals surface area (Å²) in [7, 11) is -2.37. The fraction of sp³-hybridized carbons (Fsp3) is 0.421. The van der Waals surface area contributed by atoms with Crippen molar-refractivity contribution < 1.29 is 17.9 Å². The molecule has 0 atom stereocenters. The molecule has 6 nitrogen and oxygen atoms in total. The molecule has 0 bridgehead atoms. The number of carbonyl (C=O) groups excluding carboxylic acids is 1. The average molecular weight is 411 g/mol. The molecular formula is C19H26N2O4S2. The largest absolute Gasteiger partial charge is 0.494 e. The van der Waals surface area contributed by atoms with Gasteiger partial charge in [-0.05, 0) is 55.0 Å². The van der Waals surface area contributed by atoms with Crippen LogP contribution < -0.4 is 14.4 Å². The molecule has 0 saturated carbocycles. The molecule has 1 aromatic heterocycles. The zero-order valence-electron chi connectivity index (χ0n) is 16.1. The first-order valence-corrected chi connectivity index (χ1v) is 11.2. The number of anilines is 1. The van der Waals surface area contributed by atoms with Gasteiger partial charge in [0, 0.05) is 13.6 Å². The van der Waals surface area contributed by atoms with Crippen LogP contribution in [0, 0.1) is 5.92 Å². The van der Waals surface area contributed by atoms with E-state index in [0.717, 1.165) is 17.8 Å². The lowest BCUT2D eigenvalue weighted by Crippen LogP contribution is -2.30. The van der Waals surface area contributed by atoms with Crippen LogP contribution in [0.3, 0.4) is 0 Å². The second-order valence-corrected chi connectivity index (χ2v) is 9.31. The Morgan fingerprint density at radius 3 is 2.48 bits per heavy atom. The molecule has 1 amide bonds. The third-order valence-electron chi connectivity index (χ3n) is 3.99. The maximum Gasteiger partial charge on any atom is 0.265 e. The van der Waals surface area contributed by atoms with E-state index in [1.54, 1.807) is 29.6 Å². The summed E-state index contributed by atoms with van der Waals surface area (Å²) in [6.07, 6.45) is 0.839. The molecule has 0 aliphatic heterocycles. The summed E-state index contributed by atoms with van der Waals surface area (Å²) >= 11 is 1.13. The van der Waals surface area contributed by atoms with E-state index in [4.69, 9.17) is 4.74 Å². The Morgan fingerprint density at radius 1 is 1.22 bits per heavy atom. The fourth-order valence-corrected chi connectivity index (χ4v) is 4.94. The van der Waals surface area contributed by atoms with Crippen molar-refractivity contribution in [3.05, 3.63) is 40.6 Å². The van der Waals surface area contributed by atoms with Gasteiger partial charge in [-0.15, -0.1) is 11.3 Å². The summed E-state index contributed by atoms with van der Waals surface area (Å²) in [5, 5.41) is 4.42. The second kappa shape index (κ2) is 9.23. The Kier molecular flexibility index (Phi) is 7.26. The first kappa shape index (κ1) is 21.2. The molecular weight excluding hydrogens is 384 g/mol. The lowest BCUT2D eigenvalue weighted by Gasteiger charge is -2.20. The van der Waals surface area contributed by atoms with Gasteiger partial charge >= 0.3 is 0 Å². The summed E-state index contributed by atoms with van der Waals surface area (Å²) in [4.78, 5) is 12.7. The average Bonchev–Trinajstić information content (AvgIpc) is 3.12. The van der Waals surface area contributed by atoms with Crippen LogP contribution in [-0.2, 0) is 10.0 Å². The number of sulfonamides is 1. The van der Waals surface area contributed by atoms with Crippen LogP contribution in [0.25, 0.3) is 0 Å². The van der Waals surface area contributed by atoms with E-state index in [2.05, 4.69) is 19.2 Å². The van der Waals surface area contributed by atoms with Crippen LogP contribution in [0.2, 0.25) is 0 Å². The topological polar surface area (TPSA) is 75.7 Å². The molecule has 0 spiro atoms. The minimum atomic E-state index is -3.85. The minimum absolute atomic E-state index is 0.0194. The lowest BCUT2D eigenvalue weighted by atomic mass is 10.1. The molecule has 0 fully saturated rings. The lowest BCUT2D eigenvalue weighted by molar-refractivity contribution is 0.0953. The number of rotatable bonds is 9. The number of benzene rings is 1. The number of nitrogens with one attached hydrogen (secondary N) is 1. The Balaban J connectivity index is 2.21. The molecule has 2 aromatic rings. The normalized spacial score (nSPS) is 11.4. The highest BCUT2D eigenvalue weighted by Crippen LogP contribution is 2.29. The molecule has 1 aromatic carbocycles. The van der Waals surface area contributed by atoms with Crippen LogP contribution >= 0.6 is 11.3 Å². The van der Waals surface area contributed by atoms with Gasteiger partial charge in [-0.2, -0.15) is 0 Å². The third kappa shape index (κ3) is 5.23. The fourth-order valence-electron chi connectivity index (χ4n) is 2.43. The van der Waals surface area contributed by atoms with Gasteiger partial charge in [0.1, 0.15) is 15.5 Å². The standard InChI is InChI=1S/C19H26N2O4S2/c1-5-25-16-8-6-15(7-9-16)21(4)27(23,24)17-11-13-26-18(17)19(22)20-12-10-14(2)3/h6-9,11,13-14H,5,10,12H2,1-4H3,(H,20,22). The van der Waals surface area contributed by atoms with Crippen LogP contribution in [0.15, 0.2) is 40.6 Å². The zero-order valence-corrected chi connectivity index (χ0v) is 17.7. The first-order valence-electron chi connectivity index (χ1n) is 8.84. The van der Waals surface area contributed by atoms with E-state index in [1.165, 1.54) is 17.4 Å². The van der Waals surface area contributed by atoms with E-state index in [0.29, 0.717) is 30.5 Å². The van der Waals surface area contributed by atoms with Gasteiger partial charge in [0.2, 0.25) is 0 Å². The highest BCUT2D eigenvalue weighted by molar-refractivity contribution is 7.93. The maximum absolute atomic E-state index is 13.0. The zero-order chi connectivity index (χ0) is 20.0. The molecule has 2 rings (SSSR count). The molecule has 27 heavy (non-hydrogen) atoms. The van der Waals surface area contributed by atoms with Crippen LogP contribution in [0.1, 0.15) is 36.9 Å². The minimum Gasteiger partial charge on any atom is -0.494 e. The summed E-state index contributed by atoms with van der Waals surface area (Å²) in [5.74, 6) is 0.778. The molecule has 0 aliphatic carbocycles. The Hall–Kier alpha value is -2.06. The Bertz CT molecular complexity index is 858. The molecule has 1 N–H and O–H groups in total. The van der Waals surface area contributed by atoms with Gasteiger partial charge < -0.3 is 10.1 Å². The number of carbonyl (C=O) groups is 1. The van der Waals surface area contributed by atoms with E-state index >= 15 is 0 Å². The van der Waals surface area contributed by atoms with Gasteiger partial charge in [0.25, 0.3) is 15.9 Å². The molecule has 148 valence electrons. The van der Waals surface area contributed by atoms with Crippen molar-refractivity contribution in [3.63, 3.8) is 0 Å². The van der Waals surface area contributed by atoms with Crippen molar-refractivity contribution in [2.75, 3.05) is 24.5 Å². The predicted molar refractivity (Wildman–Crippen MR) is 109 cm³/mol. The monoisotopic (exact) mass is 410 g/mol. The third-order valence-corrected chi connectivity index (χ3v) is 6.86. The summed E-state index contributed by atoms with van der Waals surface area (Å²) in [6, 6.07) is 8.27. The number of hydrogen-bond acceptors (Lipinski definition) is 5. The van der Waals surface area contributed by atoms with E-state index in [9.17, 15) is 13.2 Å². The number of ether oxygens (including phenoxy) is 1. The van der Waals surface area contributed by atoms with Crippen LogP contribution in [0.4, 0.5) is 5.69 Å². The van der Waals surface area contributed by atoms with Gasteiger partial charge in [-0.1, -0.05) is 13.8 Å². The van der Waals surface area contributed by atoms with Crippen LogP contribution in [-0.4, -0.2) is 34.5 Å². The van der Waals surface area contributed by atoms with Gasteiger partial charge in [-0.3, -0.25) is 9.10 Å². The molecule has 0 aliphatic rings. The quantitative estimate of drug-likeness (QED) is 0.683. The van der Waals surface area contributed by atoms with Gasteiger partial charge in [-0.25, -0.2) is 8.42 Å². The molecule has 0 saturated heterocycles. The summed E-state index contributed by atoms with van der Waals surface area (Å²) in [5.41, 5.74) is 0.496. The number of hydrogen-bond donors (Lipinski definition) is 1. The second-order valence-electron chi connectivity index (χ2n) is 6.45. The van der Waals surface area contributed by atoms with Gasteiger partial charge in [0.05, 0.1) is 12.3 Å². The van der Waals surface area contributed by atoms with Crippen LogP contribution in [0.5, 0.6) is 5.75 Å². The maximum atomic E-state index is 13.0. The SMILES string of the molecule is CCOc1ccc(N(C)S(=O)(=O)c2ccsc2C(=O)NCCC(C)C)cc1. The van der Waals surface area contributed by atoms with E-state index in [-0.39, 0.29) is 15.7 Å². The van der Waals surface area contributed by atoms with Crippen molar-refractivity contribution in [2.24, 2.45) is 5.92 Å². The molecule has 0 radical (unpaired) electrons. The number of amides is 1.